The maximum Gasteiger partial charge on any atom is 0.255 e. The summed E-state index contributed by atoms with van der Waals surface area (Å²) in [6, 6.07) is 15.1. The molecular weight excluding hydrogens is 320 g/mol. The third-order valence-corrected chi connectivity index (χ3v) is 4.31. The van der Waals surface area contributed by atoms with Crippen molar-refractivity contribution < 1.29 is 9.53 Å². The van der Waals surface area contributed by atoms with Gasteiger partial charge >= 0.3 is 0 Å². The zero-order valence-corrected chi connectivity index (χ0v) is 14.4. The molecule has 1 aromatic heterocycles. The highest BCUT2D eigenvalue weighted by Crippen LogP contribution is 2.24. The van der Waals surface area contributed by atoms with Crippen molar-refractivity contribution in [2.24, 2.45) is 0 Å². The van der Waals surface area contributed by atoms with Gasteiger partial charge in [-0.05, 0) is 36.8 Å². The fourth-order valence-corrected chi connectivity index (χ4v) is 3.05. The van der Waals surface area contributed by atoms with Crippen LogP contribution in [0, 0.1) is 6.92 Å². The van der Waals surface area contributed by atoms with Crippen molar-refractivity contribution in [3.8, 4) is 11.3 Å². The van der Waals surface area contributed by atoms with E-state index in [1.54, 1.807) is 24.5 Å². The van der Waals surface area contributed by atoms with Crippen LogP contribution in [-0.2, 0) is 11.3 Å². The van der Waals surface area contributed by atoms with Crippen LogP contribution >= 0.6 is 11.3 Å². The lowest BCUT2D eigenvalue weighted by molar-refractivity contribution is 0.102. The molecule has 0 aliphatic rings. The number of amides is 1. The quantitative estimate of drug-likeness (QED) is 0.744. The Bertz CT molecular complexity index is 858. The van der Waals surface area contributed by atoms with Crippen LogP contribution < -0.4 is 5.32 Å². The highest BCUT2D eigenvalue weighted by atomic mass is 32.1. The minimum atomic E-state index is -0.139. The van der Waals surface area contributed by atoms with Crippen molar-refractivity contribution in [2.45, 2.75) is 13.5 Å². The molecule has 122 valence electrons. The fourth-order valence-electron chi connectivity index (χ4n) is 2.42. The van der Waals surface area contributed by atoms with Gasteiger partial charge in [0.25, 0.3) is 5.91 Å². The smallest absolute Gasteiger partial charge is 0.255 e. The number of ether oxygens (including phenoxy) is 1. The molecule has 0 aliphatic carbocycles. The third kappa shape index (κ3) is 3.88. The SMILES string of the molecule is COCc1cccc(C(=O)Nc2cccc(-c3csc(C)n3)c2)c1. The first-order chi connectivity index (χ1) is 11.7. The fraction of sp³-hybridized carbons (Fsp3) is 0.158. The molecule has 0 unspecified atom stereocenters. The average molecular weight is 338 g/mol. The highest BCUT2D eigenvalue weighted by Gasteiger charge is 2.08. The summed E-state index contributed by atoms with van der Waals surface area (Å²) in [5.41, 5.74) is 4.25. The number of nitrogens with zero attached hydrogens (tertiary/aromatic N) is 1. The van der Waals surface area contributed by atoms with Crippen LogP contribution in [0.25, 0.3) is 11.3 Å². The van der Waals surface area contributed by atoms with Crippen LogP contribution in [-0.4, -0.2) is 18.0 Å². The van der Waals surface area contributed by atoms with Gasteiger partial charge < -0.3 is 10.1 Å². The zero-order chi connectivity index (χ0) is 16.9. The van der Waals surface area contributed by atoms with Crippen molar-refractivity contribution in [3.05, 3.63) is 70.0 Å². The van der Waals surface area contributed by atoms with Gasteiger partial charge in [-0.3, -0.25) is 4.79 Å². The van der Waals surface area contributed by atoms with E-state index in [9.17, 15) is 4.79 Å². The molecule has 3 aromatic rings. The lowest BCUT2D eigenvalue weighted by Gasteiger charge is -2.08. The van der Waals surface area contributed by atoms with Gasteiger partial charge in [0.1, 0.15) is 0 Å². The third-order valence-electron chi connectivity index (χ3n) is 3.54. The zero-order valence-electron chi connectivity index (χ0n) is 13.6. The van der Waals surface area contributed by atoms with Gasteiger partial charge in [0.15, 0.2) is 0 Å². The van der Waals surface area contributed by atoms with Crippen molar-refractivity contribution in [1.82, 2.24) is 4.98 Å². The number of hydrogen-bond acceptors (Lipinski definition) is 4. The Labute approximate surface area is 145 Å². The van der Waals surface area contributed by atoms with E-state index in [4.69, 9.17) is 4.74 Å². The van der Waals surface area contributed by atoms with Crippen LogP contribution in [0.2, 0.25) is 0 Å². The van der Waals surface area contributed by atoms with Gasteiger partial charge in [-0.25, -0.2) is 4.98 Å². The number of anilines is 1. The van der Waals surface area contributed by atoms with Gasteiger partial charge in [0.2, 0.25) is 0 Å². The van der Waals surface area contributed by atoms with E-state index in [0.29, 0.717) is 12.2 Å². The van der Waals surface area contributed by atoms with Crippen LogP contribution in [0.15, 0.2) is 53.9 Å². The molecule has 24 heavy (non-hydrogen) atoms. The molecule has 0 radical (unpaired) electrons. The lowest BCUT2D eigenvalue weighted by atomic mass is 10.1. The second kappa shape index (κ2) is 7.38. The molecule has 5 heteroatoms. The Hall–Kier alpha value is -2.50. The summed E-state index contributed by atoms with van der Waals surface area (Å²) >= 11 is 1.61. The van der Waals surface area contributed by atoms with Gasteiger partial charge in [0.05, 0.1) is 17.3 Å². The molecule has 3 rings (SSSR count). The van der Waals surface area contributed by atoms with Crippen molar-refractivity contribution >= 4 is 22.9 Å². The number of methoxy groups -OCH3 is 1. The molecule has 2 aromatic carbocycles. The van der Waals surface area contributed by atoms with Crippen LogP contribution in [0.4, 0.5) is 5.69 Å². The number of aryl methyl sites for hydroxylation is 1. The Kier molecular flexibility index (Phi) is 5.03. The first-order valence-electron chi connectivity index (χ1n) is 7.57. The Morgan fingerprint density at radius 1 is 1.21 bits per heavy atom. The van der Waals surface area contributed by atoms with Crippen molar-refractivity contribution in [3.63, 3.8) is 0 Å². The van der Waals surface area contributed by atoms with E-state index in [-0.39, 0.29) is 5.91 Å². The molecule has 1 amide bonds. The van der Waals surface area contributed by atoms with E-state index < -0.39 is 0 Å². The van der Waals surface area contributed by atoms with Gasteiger partial charge in [0, 0.05) is 29.3 Å². The Morgan fingerprint density at radius 3 is 2.79 bits per heavy atom. The maximum absolute atomic E-state index is 12.5. The number of hydrogen-bond donors (Lipinski definition) is 1. The number of nitrogens with one attached hydrogen (secondary N) is 1. The minimum Gasteiger partial charge on any atom is -0.380 e. The Morgan fingerprint density at radius 2 is 2.04 bits per heavy atom. The van der Waals surface area contributed by atoms with Crippen molar-refractivity contribution in [1.29, 1.82) is 0 Å². The lowest BCUT2D eigenvalue weighted by Crippen LogP contribution is -2.12. The van der Waals surface area contributed by atoms with E-state index >= 15 is 0 Å². The number of benzene rings is 2. The molecule has 0 spiro atoms. The van der Waals surface area contributed by atoms with Gasteiger partial charge in [-0.15, -0.1) is 11.3 Å². The summed E-state index contributed by atoms with van der Waals surface area (Å²) in [5.74, 6) is -0.139. The molecule has 1 heterocycles. The van der Waals surface area contributed by atoms with E-state index in [2.05, 4.69) is 10.3 Å². The first kappa shape index (κ1) is 16.4. The molecule has 0 fully saturated rings. The number of carbonyl (C=O) groups is 1. The normalized spacial score (nSPS) is 10.6. The molecule has 0 bridgehead atoms. The second-order valence-electron chi connectivity index (χ2n) is 5.42. The monoisotopic (exact) mass is 338 g/mol. The highest BCUT2D eigenvalue weighted by molar-refractivity contribution is 7.09. The number of aromatic nitrogens is 1. The van der Waals surface area contributed by atoms with Crippen LogP contribution in [0.1, 0.15) is 20.9 Å². The minimum absolute atomic E-state index is 0.139. The average Bonchev–Trinajstić information content (AvgIpc) is 3.02. The molecular formula is C19H18N2O2S. The van der Waals surface area contributed by atoms with Gasteiger partial charge in [-0.2, -0.15) is 0 Å². The molecule has 0 saturated heterocycles. The Balaban J connectivity index is 1.78. The largest absolute Gasteiger partial charge is 0.380 e. The molecule has 0 aliphatic heterocycles. The summed E-state index contributed by atoms with van der Waals surface area (Å²) in [6.45, 7) is 2.46. The number of carbonyl (C=O) groups excluding carboxylic acids is 1. The predicted octanol–water partition coefficient (Wildman–Crippen LogP) is 4.52. The standard InChI is InChI=1S/C19H18N2O2S/c1-13-20-18(12-24-13)15-6-4-8-17(10-15)21-19(22)16-7-3-5-14(9-16)11-23-2/h3-10,12H,11H2,1-2H3,(H,21,22). The van der Waals surface area contributed by atoms with Crippen molar-refractivity contribution in [2.75, 3.05) is 12.4 Å². The second-order valence-corrected chi connectivity index (χ2v) is 6.48. The summed E-state index contributed by atoms with van der Waals surface area (Å²) in [6.07, 6.45) is 0. The maximum atomic E-state index is 12.5. The number of thiazole rings is 1. The van der Waals surface area contributed by atoms with E-state index in [1.807, 2.05) is 54.8 Å². The van der Waals surface area contributed by atoms with E-state index in [1.165, 1.54) is 0 Å². The first-order valence-corrected chi connectivity index (χ1v) is 8.45. The van der Waals surface area contributed by atoms with Crippen LogP contribution in [0.5, 0.6) is 0 Å². The molecule has 0 atom stereocenters. The number of rotatable bonds is 5. The van der Waals surface area contributed by atoms with Gasteiger partial charge in [-0.1, -0.05) is 24.3 Å². The molecule has 4 nitrogen and oxygen atoms in total. The van der Waals surface area contributed by atoms with E-state index in [0.717, 1.165) is 27.5 Å². The summed E-state index contributed by atoms with van der Waals surface area (Å²) < 4.78 is 5.11. The predicted molar refractivity (Wildman–Crippen MR) is 97.4 cm³/mol. The van der Waals surface area contributed by atoms with Crippen LogP contribution in [0.3, 0.4) is 0 Å². The summed E-state index contributed by atoms with van der Waals surface area (Å²) in [4.78, 5) is 16.9. The molecule has 0 saturated carbocycles. The topological polar surface area (TPSA) is 51.2 Å². The summed E-state index contributed by atoms with van der Waals surface area (Å²) in [7, 11) is 1.64. The summed E-state index contributed by atoms with van der Waals surface area (Å²) in [5, 5.41) is 5.98. The molecule has 1 N–H and O–H groups in total.